The topological polar surface area (TPSA) is 42.2 Å². The van der Waals surface area contributed by atoms with Crippen LogP contribution < -0.4 is 5.56 Å². The van der Waals surface area contributed by atoms with Gasteiger partial charge in [-0.15, -0.1) is 0 Å². The Bertz CT molecular complexity index is 612. The van der Waals surface area contributed by atoms with Crippen molar-refractivity contribution in [2.75, 3.05) is 6.61 Å². The van der Waals surface area contributed by atoms with Gasteiger partial charge in [0.1, 0.15) is 0 Å². The van der Waals surface area contributed by atoms with Crippen LogP contribution in [0.1, 0.15) is 11.6 Å². The van der Waals surface area contributed by atoms with Gasteiger partial charge in [-0.25, -0.2) is 0 Å². The summed E-state index contributed by atoms with van der Waals surface area (Å²) in [7, 11) is 0. The van der Waals surface area contributed by atoms with Gasteiger partial charge in [-0.05, 0) is 23.8 Å². The van der Waals surface area contributed by atoms with E-state index in [1.54, 1.807) is 30.5 Å². The number of nitrogens with zero attached hydrogens (tertiary/aromatic N) is 1. The number of pyridine rings is 1. The van der Waals surface area contributed by atoms with Gasteiger partial charge in [0, 0.05) is 21.8 Å². The summed E-state index contributed by atoms with van der Waals surface area (Å²) in [5.41, 5.74) is 0.623. The smallest absolute Gasteiger partial charge is 0.252 e. The maximum absolute atomic E-state index is 11.9. The number of hydrogen-bond acceptors (Lipinski definition) is 2. The maximum Gasteiger partial charge on any atom is 0.252 e. The van der Waals surface area contributed by atoms with Crippen LogP contribution in [0.15, 0.2) is 51.9 Å². The van der Waals surface area contributed by atoms with Crippen molar-refractivity contribution in [1.82, 2.24) is 4.57 Å². The molecule has 3 nitrogen and oxygen atoms in total. The molecule has 0 spiro atoms. The van der Waals surface area contributed by atoms with Crippen LogP contribution in [0.2, 0.25) is 5.02 Å². The monoisotopic (exact) mass is 327 g/mol. The molecule has 1 unspecified atom stereocenters. The fourth-order valence-electron chi connectivity index (χ4n) is 1.79. The molecule has 1 atom stereocenters. The van der Waals surface area contributed by atoms with Crippen LogP contribution >= 0.6 is 27.5 Å². The Balaban J connectivity index is 2.48. The Morgan fingerprint density at radius 1 is 1.33 bits per heavy atom. The van der Waals surface area contributed by atoms with E-state index >= 15 is 0 Å². The first-order chi connectivity index (χ1) is 8.61. The summed E-state index contributed by atoms with van der Waals surface area (Å²) >= 11 is 9.16. The van der Waals surface area contributed by atoms with Crippen molar-refractivity contribution in [2.45, 2.75) is 6.04 Å². The summed E-state index contributed by atoms with van der Waals surface area (Å²) in [5, 5.41) is 10.1. The third-order valence-electron chi connectivity index (χ3n) is 2.65. The lowest BCUT2D eigenvalue weighted by atomic mass is 10.1. The molecule has 1 heterocycles. The van der Waals surface area contributed by atoms with Crippen LogP contribution in [0.3, 0.4) is 0 Å². The largest absolute Gasteiger partial charge is 0.394 e. The lowest BCUT2D eigenvalue weighted by Crippen LogP contribution is -2.26. The number of aliphatic hydroxyl groups excluding tert-OH is 1. The molecule has 0 amide bonds. The second-order valence-corrected chi connectivity index (χ2v) is 5.20. The third kappa shape index (κ3) is 2.83. The second-order valence-electron chi connectivity index (χ2n) is 3.84. The number of aliphatic hydroxyl groups is 1. The molecule has 94 valence electrons. The van der Waals surface area contributed by atoms with Gasteiger partial charge in [-0.2, -0.15) is 0 Å². The van der Waals surface area contributed by atoms with Crippen molar-refractivity contribution in [2.24, 2.45) is 0 Å². The molecule has 1 aromatic carbocycles. The highest BCUT2D eigenvalue weighted by Crippen LogP contribution is 2.20. The van der Waals surface area contributed by atoms with Crippen LogP contribution in [-0.4, -0.2) is 16.3 Å². The van der Waals surface area contributed by atoms with Crippen LogP contribution in [0.4, 0.5) is 0 Å². The summed E-state index contributed by atoms with van der Waals surface area (Å²) in [6.45, 7) is -0.165. The second kappa shape index (κ2) is 5.69. The van der Waals surface area contributed by atoms with E-state index in [4.69, 9.17) is 11.6 Å². The molecule has 0 aliphatic carbocycles. The summed E-state index contributed by atoms with van der Waals surface area (Å²) in [4.78, 5) is 11.9. The lowest BCUT2D eigenvalue weighted by molar-refractivity contribution is 0.247. The van der Waals surface area contributed by atoms with Gasteiger partial charge in [0.15, 0.2) is 0 Å². The van der Waals surface area contributed by atoms with E-state index in [1.807, 2.05) is 6.07 Å². The SMILES string of the molecule is O=c1cc(Br)ccn1C(CO)c1cccc(Cl)c1. The fraction of sp³-hybridized carbons (Fsp3) is 0.154. The molecule has 0 bridgehead atoms. The highest BCUT2D eigenvalue weighted by Gasteiger charge is 2.14. The molecule has 0 aliphatic rings. The number of hydrogen-bond donors (Lipinski definition) is 1. The van der Waals surface area contributed by atoms with Gasteiger partial charge in [-0.1, -0.05) is 39.7 Å². The molecule has 0 fully saturated rings. The molecule has 1 aromatic heterocycles. The van der Waals surface area contributed by atoms with E-state index in [0.717, 1.165) is 5.56 Å². The predicted octanol–water partition coefficient (Wildman–Crippen LogP) is 2.85. The van der Waals surface area contributed by atoms with Crippen LogP contribution in [0.25, 0.3) is 0 Å². The fourth-order valence-corrected chi connectivity index (χ4v) is 2.30. The molecule has 5 heteroatoms. The average molecular weight is 329 g/mol. The highest BCUT2D eigenvalue weighted by molar-refractivity contribution is 9.10. The predicted molar refractivity (Wildman–Crippen MR) is 75.1 cm³/mol. The maximum atomic E-state index is 11.9. The van der Waals surface area contributed by atoms with Crippen LogP contribution in [-0.2, 0) is 0 Å². The van der Waals surface area contributed by atoms with Gasteiger partial charge in [-0.3, -0.25) is 4.79 Å². The first-order valence-electron chi connectivity index (χ1n) is 5.36. The third-order valence-corrected chi connectivity index (χ3v) is 3.38. The number of rotatable bonds is 3. The Morgan fingerprint density at radius 2 is 2.11 bits per heavy atom. The van der Waals surface area contributed by atoms with Crippen molar-refractivity contribution in [3.8, 4) is 0 Å². The first kappa shape index (κ1) is 13.3. The summed E-state index contributed by atoms with van der Waals surface area (Å²) in [6, 6.07) is 9.93. The van der Waals surface area contributed by atoms with E-state index in [1.165, 1.54) is 10.6 Å². The zero-order valence-corrected chi connectivity index (χ0v) is 11.7. The van der Waals surface area contributed by atoms with Crippen molar-refractivity contribution in [1.29, 1.82) is 0 Å². The average Bonchev–Trinajstić information content (AvgIpc) is 2.33. The Morgan fingerprint density at radius 3 is 2.72 bits per heavy atom. The zero-order chi connectivity index (χ0) is 13.1. The van der Waals surface area contributed by atoms with E-state index in [0.29, 0.717) is 9.50 Å². The van der Waals surface area contributed by atoms with E-state index in [-0.39, 0.29) is 12.2 Å². The molecular formula is C13H11BrClNO2. The zero-order valence-electron chi connectivity index (χ0n) is 9.38. The lowest BCUT2D eigenvalue weighted by Gasteiger charge is -2.18. The van der Waals surface area contributed by atoms with Crippen molar-refractivity contribution >= 4 is 27.5 Å². The summed E-state index contributed by atoms with van der Waals surface area (Å²) in [6.07, 6.45) is 1.65. The Labute approximate surface area is 118 Å². The molecule has 18 heavy (non-hydrogen) atoms. The van der Waals surface area contributed by atoms with E-state index < -0.39 is 6.04 Å². The van der Waals surface area contributed by atoms with E-state index in [2.05, 4.69) is 15.9 Å². The number of benzene rings is 1. The molecule has 0 radical (unpaired) electrons. The molecule has 0 saturated heterocycles. The molecule has 0 saturated carbocycles. The van der Waals surface area contributed by atoms with Gasteiger partial charge in [0.25, 0.3) is 5.56 Å². The summed E-state index contributed by atoms with van der Waals surface area (Å²) < 4.78 is 2.20. The summed E-state index contributed by atoms with van der Waals surface area (Å²) in [5.74, 6) is 0. The van der Waals surface area contributed by atoms with Crippen LogP contribution in [0.5, 0.6) is 0 Å². The Kier molecular flexibility index (Phi) is 4.22. The van der Waals surface area contributed by atoms with Crippen molar-refractivity contribution in [3.05, 3.63) is 68.0 Å². The number of halogens is 2. The quantitative estimate of drug-likeness (QED) is 0.941. The minimum Gasteiger partial charge on any atom is -0.394 e. The minimum absolute atomic E-state index is 0.165. The minimum atomic E-state index is -0.427. The molecule has 1 N–H and O–H groups in total. The van der Waals surface area contributed by atoms with Gasteiger partial charge in [0.2, 0.25) is 0 Å². The van der Waals surface area contributed by atoms with Gasteiger partial charge in [0.05, 0.1) is 12.6 Å². The standard InChI is InChI=1S/C13H11BrClNO2/c14-10-4-5-16(13(18)7-10)12(8-17)9-2-1-3-11(15)6-9/h1-7,12,17H,8H2. The van der Waals surface area contributed by atoms with Crippen molar-refractivity contribution in [3.63, 3.8) is 0 Å². The van der Waals surface area contributed by atoms with E-state index in [9.17, 15) is 9.90 Å². The van der Waals surface area contributed by atoms with Crippen molar-refractivity contribution < 1.29 is 5.11 Å². The molecule has 0 aliphatic heterocycles. The first-order valence-corrected chi connectivity index (χ1v) is 6.53. The highest BCUT2D eigenvalue weighted by atomic mass is 79.9. The molecule has 2 rings (SSSR count). The normalized spacial score (nSPS) is 12.4. The molecular weight excluding hydrogens is 318 g/mol. The van der Waals surface area contributed by atoms with Gasteiger partial charge >= 0.3 is 0 Å². The van der Waals surface area contributed by atoms with Crippen LogP contribution in [0, 0.1) is 0 Å². The number of aromatic nitrogens is 1. The Hall–Kier alpha value is -1.10. The van der Waals surface area contributed by atoms with Gasteiger partial charge < -0.3 is 9.67 Å². The molecule has 2 aromatic rings.